The Morgan fingerprint density at radius 1 is 1.19 bits per heavy atom. The summed E-state index contributed by atoms with van der Waals surface area (Å²) < 4.78 is 5.10. The third-order valence-electron chi connectivity index (χ3n) is 4.25. The van der Waals surface area contributed by atoms with Gasteiger partial charge in [0.05, 0.1) is 12.8 Å². The number of furan rings is 1. The lowest BCUT2D eigenvalue weighted by Crippen LogP contribution is -2.42. The van der Waals surface area contributed by atoms with Gasteiger partial charge in [0.15, 0.2) is 0 Å². The van der Waals surface area contributed by atoms with Crippen molar-refractivity contribution in [2.75, 3.05) is 19.6 Å². The van der Waals surface area contributed by atoms with Gasteiger partial charge in [-0.2, -0.15) is 0 Å². The standard InChI is InChI=1S/C20H23N3O3/c24-19(9-8-18-7-4-12-26-18)21-13-20(25)22-17-10-11-23(15-17)14-16-5-2-1-3-6-16/h1-9,12,17H,10-11,13-15H2,(H,21,24)(H,22,25). The summed E-state index contributed by atoms with van der Waals surface area (Å²) in [7, 11) is 0. The SMILES string of the molecule is O=C(C=Cc1ccco1)NCC(=O)NC1CCN(Cc2ccccc2)C1. The highest BCUT2D eigenvalue weighted by molar-refractivity contribution is 5.94. The Kier molecular flexibility index (Phi) is 6.22. The van der Waals surface area contributed by atoms with E-state index in [1.54, 1.807) is 18.2 Å². The van der Waals surface area contributed by atoms with E-state index in [9.17, 15) is 9.59 Å². The van der Waals surface area contributed by atoms with Gasteiger partial charge in [0.2, 0.25) is 11.8 Å². The second-order valence-corrected chi connectivity index (χ2v) is 6.34. The van der Waals surface area contributed by atoms with Crippen LogP contribution >= 0.6 is 0 Å². The minimum Gasteiger partial charge on any atom is -0.465 e. The number of nitrogens with one attached hydrogen (secondary N) is 2. The Morgan fingerprint density at radius 3 is 2.81 bits per heavy atom. The van der Waals surface area contributed by atoms with Crippen molar-refractivity contribution < 1.29 is 14.0 Å². The van der Waals surface area contributed by atoms with Crippen LogP contribution in [0.25, 0.3) is 6.08 Å². The molecular formula is C20H23N3O3. The van der Waals surface area contributed by atoms with E-state index in [0.717, 1.165) is 26.1 Å². The topological polar surface area (TPSA) is 74.6 Å². The van der Waals surface area contributed by atoms with Crippen LogP contribution in [0.1, 0.15) is 17.7 Å². The van der Waals surface area contributed by atoms with E-state index in [4.69, 9.17) is 4.42 Å². The van der Waals surface area contributed by atoms with E-state index in [2.05, 4.69) is 27.7 Å². The maximum Gasteiger partial charge on any atom is 0.244 e. The molecule has 0 spiro atoms. The zero-order valence-corrected chi connectivity index (χ0v) is 14.6. The highest BCUT2D eigenvalue weighted by Crippen LogP contribution is 2.13. The minimum absolute atomic E-state index is 0.0312. The molecule has 26 heavy (non-hydrogen) atoms. The van der Waals surface area contributed by atoms with Crippen LogP contribution in [0.5, 0.6) is 0 Å². The fourth-order valence-corrected chi connectivity index (χ4v) is 2.98. The van der Waals surface area contributed by atoms with Crippen molar-refractivity contribution >= 4 is 17.9 Å². The van der Waals surface area contributed by atoms with Crippen molar-refractivity contribution in [1.82, 2.24) is 15.5 Å². The number of benzene rings is 1. The maximum atomic E-state index is 12.0. The molecule has 2 heterocycles. The van der Waals surface area contributed by atoms with Gasteiger partial charge < -0.3 is 15.1 Å². The molecule has 0 aliphatic carbocycles. The molecule has 136 valence electrons. The fourth-order valence-electron chi connectivity index (χ4n) is 2.98. The molecule has 6 nitrogen and oxygen atoms in total. The first-order valence-corrected chi connectivity index (χ1v) is 8.74. The zero-order valence-electron chi connectivity index (χ0n) is 14.6. The quantitative estimate of drug-likeness (QED) is 0.745. The Bertz CT molecular complexity index is 741. The third-order valence-corrected chi connectivity index (χ3v) is 4.25. The molecule has 1 aromatic heterocycles. The van der Waals surface area contributed by atoms with E-state index < -0.39 is 0 Å². The van der Waals surface area contributed by atoms with Gasteiger partial charge >= 0.3 is 0 Å². The summed E-state index contributed by atoms with van der Waals surface area (Å²) in [6, 6.07) is 13.9. The Hall–Kier alpha value is -2.86. The molecule has 1 unspecified atom stereocenters. The van der Waals surface area contributed by atoms with E-state index >= 15 is 0 Å². The molecule has 2 aromatic rings. The van der Waals surface area contributed by atoms with E-state index in [-0.39, 0.29) is 24.4 Å². The fraction of sp³-hybridized carbons (Fsp3) is 0.300. The number of hydrogen-bond donors (Lipinski definition) is 2. The molecule has 0 radical (unpaired) electrons. The zero-order chi connectivity index (χ0) is 18.2. The van der Waals surface area contributed by atoms with Crippen LogP contribution in [0.15, 0.2) is 59.2 Å². The highest BCUT2D eigenvalue weighted by atomic mass is 16.3. The number of carbonyl (C=O) groups is 2. The van der Waals surface area contributed by atoms with E-state index in [1.165, 1.54) is 17.9 Å². The monoisotopic (exact) mass is 353 g/mol. The molecule has 2 amide bonds. The molecule has 1 aliphatic heterocycles. The van der Waals surface area contributed by atoms with Gasteiger partial charge in [-0.25, -0.2) is 0 Å². The molecule has 1 fully saturated rings. The van der Waals surface area contributed by atoms with Crippen molar-refractivity contribution in [3.8, 4) is 0 Å². The van der Waals surface area contributed by atoms with Crippen LogP contribution in [0, 0.1) is 0 Å². The predicted octanol–water partition coefficient (Wildman–Crippen LogP) is 1.80. The number of amides is 2. The summed E-state index contributed by atoms with van der Waals surface area (Å²) in [5.41, 5.74) is 1.27. The second-order valence-electron chi connectivity index (χ2n) is 6.34. The van der Waals surface area contributed by atoms with Gasteiger partial charge in [-0.3, -0.25) is 14.5 Å². The van der Waals surface area contributed by atoms with Crippen LogP contribution in [0.2, 0.25) is 0 Å². The van der Waals surface area contributed by atoms with Crippen LogP contribution in [-0.2, 0) is 16.1 Å². The van der Waals surface area contributed by atoms with Gasteiger partial charge in [-0.1, -0.05) is 30.3 Å². The second kappa shape index (κ2) is 9.01. The molecule has 0 saturated carbocycles. The molecule has 6 heteroatoms. The van der Waals surface area contributed by atoms with Crippen molar-refractivity contribution in [3.05, 3.63) is 66.1 Å². The van der Waals surface area contributed by atoms with E-state index in [0.29, 0.717) is 5.76 Å². The Balaban J connectivity index is 1.35. The average Bonchev–Trinajstić information content (AvgIpc) is 3.31. The van der Waals surface area contributed by atoms with Crippen LogP contribution in [0.3, 0.4) is 0 Å². The van der Waals surface area contributed by atoms with Gasteiger partial charge in [0.25, 0.3) is 0 Å². The third kappa shape index (κ3) is 5.60. The van der Waals surface area contributed by atoms with Gasteiger partial charge in [0, 0.05) is 31.8 Å². The largest absolute Gasteiger partial charge is 0.465 e. The lowest BCUT2D eigenvalue weighted by Gasteiger charge is -2.16. The molecular weight excluding hydrogens is 330 g/mol. The lowest BCUT2D eigenvalue weighted by atomic mass is 10.2. The maximum absolute atomic E-state index is 12.0. The summed E-state index contributed by atoms with van der Waals surface area (Å²) in [6.45, 7) is 2.64. The van der Waals surface area contributed by atoms with Crippen LogP contribution in [0.4, 0.5) is 0 Å². The normalized spacial score (nSPS) is 17.5. The first-order chi connectivity index (χ1) is 12.7. The molecule has 1 aliphatic rings. The number of nitrogens with zero attached hydrogens (tertiary/aromatic N) is 1. The summed E-state index contributed by atoms with van der Waals surface area (Å²) in [4.78, 5) is 26.0. The highest BCUT2D eigenvalue weighted by Gasteiger charge is 2.23. The number of likely N-dealkylation sites (tertiary alicyclic amines) is 1. The summed E-state index contributed by atoms with van der Waals surface area (Å²) in [5.74, 6) is 0.0963. The van der Waals surface area contributed by atoms with Crippen molar-refractivity contribution in [1.29, 1.82) is 0 Å². The molecule has 1 saturated heterocycles. The number of carbonyl (C=O) groups excluding carboxylic acids is 2. The lowest BCUT2D eigenvalue weighted by molar-refractivity contribution is -0.124. The summed E-state index contributed by atoms with van der Waals surface area (Å²) in [6.07, 6.45) is 5.37. The van der Waals surface area contributed by atoms with Gasteiger partial charge in [0.1, 0.15) is 5.76 Å². The van der Waals surface area contributed by atoms with E-state index in [1.807, 2.05) is 18.2 Å². The Morgan fingerprint density at radius 2 is 2.04 bits per heavy atom. The molecule has 3 rings (SSSR count). The number of hydrogen-bond acceptors (Lipinski definition) is 4. The van der Waals surface area contributed by atoms with Crippen molar-refractivity contribution in [2.45, 2.75) is 19.0 Å². The van der Waals surface area contributed by atoms with Crippen LogP contribution < -0.4 is 10.6 Å². The molecule has 1 atom stereocenters. The Labute approximate surface area is 152 Å². The molecule has 2 N–H and O–H groups in total. The van der Waals surface area contributed by atoms with Crippen molar-refractivity contribution in [3.63, 3.8) is 0 Å². The summed E-state index contributed by atoms with van der Waals surface area (Å²) >= 11 is 0. The first kappa shape index (κ1) is 17.9. The minimum atomic E-state index is -0.325. The smallest absolute Gasteiger partial charge is 0.244 e. The first-order valence-electron chi connectivity index (χ1n) is 8.74. The summed E-state index contributed by atoms with van der Waals surface area (Å²) in [5, 5.41) is 5.56. The molecule has 0 bridgehead atoms. The van der Waals surface area contributed by atoms with Gasteiger partial charge in [-0.15, -0.1) is 0 Å². The molecule has 1 aromatic carbocycles. The van der Waals surface area contributed by atoms with Crippen LogP contribution in [-0.4, -0.2) is 42.4 Å². The number of rotatable bonds is 7. The predicted molar refractivity (Wildman–Crippen MR) is 99.0 cm³/mol. The van der Waals surface area contributed by atoms with Gasteiger partial charge in [-0.05, 0) is 30.2 Å². The van der Waals surface area contributed by atoms with Crippen molar-refractivity contribution in [2.24, 2.45) is 0 Å². The average molecular weight is 353 g/mol.